The Bertz CT molecular complexity index is 1240. The summed E-state index contributed by atoms with van der Waals surface area (Å²) in [5, 5.41) is 3.29. The number of nitrogens with one attached hydrogen (secondary N) is 1. The fourth-order valence-corrected chi connectivity index (χ4v) is 4.33. The summed E-state index contributed by atoms with van der Waals surface area (Å²) < 4.78 is 5.87. The summed E-state index contributed by atoms with van der Waals surface area (Å²) >= 11 is 6.18. The smallest absolute Gasteiger partial charge is 0.324 e. The molecule has 0 spiro atoms. The molecule has 1 fully saturated rings. The highest BCUT2D eigenvalue weighted by Gasteiger charge is 2.42. The SMILES string of the molecule is C/C=C1/N=C(Oc2ccc(C(C)(C)C(N)=O)cc2)N=C1N/C(=C/Cl)c1ccc(C2(CC)CC2)cc1.CC. The molecule has 0 atom stereocenters. The van der Waals surface area contributed by atoms with Crippen LogP contribution in [0.1, 0.15) is 77.5 Å². The van der Waals surface area contributed by atoms with Gasteiger partial charge in [0, 0.05) is 5.54 Å². The maximum atomic E-state index is 11.7. The maximum Gasteiger partial charge on any atom is 0.324 e. The minimum absolute atomic E-state index is 0.213. The van der Waals surface area contributed by atoms with Gasteiger partial charge in [0.2, 0.25) is 5.91 Å². The number of carbonyl (C=O) groups excluding carboxylic acids is 1. The average molecular weight is 521 g/mol. The minimum atomic E-state index is -0.769. The molecule has 0 saturated heterocycles. The number of hydrogen-bond donors (Lipinski definition) is 2. The number of amidine groups is 2. The lowest BCUT2D eigenvalue weighted by Gasteiger charge is -2.21. The van der Waals surface area contributed by atoms with E-state index in [2.05, 4.69) is 46.5 Å². The third-order valence-electron chi connectivity index (χ3n) is 7.04. The zero-order valence-corrected chi connectivity index (χ0v) is 23.3. The summed E-state index contributed by atoms with van der Waals surface area (Å²) in [4.78, 5) is 20.7. The summed E-state index contributed by atoms with van der Waals surface area (Å²) in [7, 11) is 0. The van der Waals surface area contributed by atoms with Crippen LogP contribution in [0.25, 0.3) is 5.70 Å². The molecule has 1 heterocycles. The monoisotopic (exact) mass is 520 g/mol. The number of nitrogens with zero attached hydrogens (tertiary/aromatic N) is 2. The van der Waals surface area contributed by atoms with Gasteiger partial charge in [0.15, 0.2) is 5.84 Å². The number of amides is 1. The van der Waals surface area contributed by atoms with Crippen LogP contribution in [0.4, 0.5) is 0 Å². The van der Waals surface area contributed by atoms with Gasteiger partial charge >= 0.3 is 6.02 Å². The van der Waals surface area contributed by atoms with Crippen molar-refractivity contribution in [3.05, 3.63) is 82.5 Å². The molecule has 2 aliphatic rings. The van der Waals surface area contributed by atoms with Gasteiger partial charge in [-0.15, -0.1) is 0 Å². The second kappa shape index (κ2) is 11.8. The van der Waals surface area contributed by atoms with Crippen molar-refractivity contribution in [1.29, 1.82) is 0 Å². The van der Waals surface area contributed by atoms with Crippen molar-refractivity contribution in [3.63, 3.8) is 0 Å². The third-order valence-corrected chi connectivity index (χ3v) is 7.26. The first kappa shape index (κ1) is 28.2. The van der Waals surface area contributed by atoms with Crippen molar-refractivity contribution in [2.75, 3.05) is 0 Å². The molecule has 0 bridgehead atoms. The number of rotatable bonds is 7. The summed E-state index contributed by atoms with van der Waals surface area (Å²) in [6.07, 6.45) is 5.53. The number of ether oxygens (including phenoxy) is 1. The molecule has 1 aliphatic carbocycles. The predicted molar refractivity (Wildman–Crippen MR) is 154 cm³/mol. The Morgan fingerprint density at radius 2 is 1.73 bits per heavy atom. The Labute approximate surface area is 225 Å². The first-order valence-electron chi connectivity index (χ1n) is 12.8. The minimum Gasteiger partial charge on any atom is -0.424 e. The van der Waals surface area contributed by atoms with E-state index >= 15 is 0 Å². The Morgan fingerprint density at radius 1 is 1.11 bits per heavy atom. The molecule has 37 heavy (non-hydrogen) atoms. The third kappa shape index (κ3) is 6.13. The molecule has 1 saturated carbocycles. The summed E-state index contributed by atoms with van der Waals surface area (Å²) in [6.45, 7) is 11.7. The molecule has 6 nitrogen and oxygen atoms in total. The molecule has 1 aliphatic heterocycles. The first-order chi connectivity index (χ1) is 17.7. The Balaban J connectivity index is 0.00000186. The maximum absolute atomic E-state index is 11.7. The van der Waals surface area contributed by atoms with Gasteiger partial charge in [0.1, 0.15) is 11.4 Å². The molecule has 0 unspecified atom stereocenters. The van der Waals surface area contributed by atoms with E-state index in [-0.39, 0.29) is 11.9 Å². The van der Waals surface area contributed by atoms with E-state index in [1.165, 1.54) is 23.9 Å². The van der Waals surface area contributed by atoms with E-state index in [0.29, 0.717) is 22.7 Å². The fraction of sp³-hybridized carbons (Fsp3) is 0.367. The predicted octanol–water partition coefficient (Wildman–Crippen LogP) is 6.80. The number of benzene rings is 2. The van der Waals surface area contributed by atoms with Crippen LogP contribution >= 0.6 is 11.6 Å². The van der Waals surface area contributed by atoms with Gasteiger partial charge in [-0.1, -0.05) is 74.8 Å². The second-order valence-corrected chi connectivity index (χ2v) is 9.72. The first-order valence-corrected chi connectivity index (χ1v) is 13.3. The van der Waals surface area contributed by atoms with Crippen molar-refractivity contribution >= 4 is 35.1 Å². The summed E-state index contributed by atoms with van der Waals surface area (Å²) in [5.74, 6) is 0.721. The molecule has 2 aromatic rings. The largest absolute Gasteiger partial charge is 0.424 e. The van der Waals surface area contributed by atoms with Crippen molar-refractivity contribution in [2.24, 2.45) is 15.7 Å². The Morgan fingerprint density at radius 3 is 2.22 bits per heavy atom. The topological polar surface area (TPSA) is 89.1 Å². The van der Waals surface area contributed by atoms with E-state index in [0.717, 1.165) is 23.2 Å². The molecule has 1 amide bonds. The van der Waals surface area contributed by atoms with E-state index in [1.54, 1.807) is 26.0 Å². The number of hydrogen-bond acceptors (Lipinski definition) is 5. The van der Waals surface area contributed by atoms with Crippen molar-refractivity contribution in [1.82, 2.24) is 5.32 Å². The van der Waals surface area contributed by atoms with E-state index in [1.807, 2.05) is 39.0 Å². The van der Waals surface area contributed by atoms with Gasteiger partial charge in [-0.2, -0.15) is 9.98 Å². The molecule has 4 rings (SSSR count). The van der Waals surface area contributed by atoms with Crippen LogP contribution in [0.15, 0.2) is 75.8 Å². The van der Waals surface area contributed by atoms with Crippen LogP contribution in [0, 0.1) is 0 Å². The molecular weight excluding hydrogens is 484 g/mol. The fourth-order valence-electron chi connectivity index (χ4n) is 4.15. The van der Waals surface area contributed by atoms with Gasteiger partial charge in [-0.3, -0.25) is 4.79 Å². The lowest BCUT2D eigenvalue weighted by atomic mass is 9.84. The summed E-state index contributed by atoms with van der Waals surface area (Å²) in [5.41, 5.74) is 11.2. The van der Waals surface area contributed by atoms with Crippen LogP contribution < -0.4 is 15.8 Å². The van der Waals surface area contributed by atoms with E-state index in [9.17, 15) is 4.79 Å². The lowest BCUT2D eigenvalue weighted by molar-refractivity contribution is -0.122. The van der Waals surface area contributed by atoms with Crippen molar-refractivity contribution in [3.8, 4) is 5.75 Å². The highest BCUT2D eigenvalue weighted by atomic mass is 35.5. The van der Waals surface area contributed by atoms with Crippen LogP contribution in [0.5, 0.6) is 5.75 Å². The number of halogens is 1. The van der Waals surface area contributed by atoms with Gasteiger partial charge in [-0.25, -0.2) is 0 Å². The number of aliphatic imine (C=N–C) groups is 2. The molecular formula is C30H37ClN4O2. The van der Waals surface area contributed by atoms with E-state index < -0.39 is 5.41 Å². The van der Waals surface area contributed by atoms with Crippen LogP contribution in [0.3, 0.4) is 0 Å². The standard InChI is InChI=1S/C28H31ClN4O2.C2H6/c1-5-22-24(31-23(17-29)18-7-9-20(10-8-18)28(6-2)15-16-28)33-26(32-22)35-21-13-11-19(12-14-21)27(3,4)25(30)34;1-2/h5,7-14,17H,6,15-16H2,1-4H3,(H2,30,34)(H,31,32,33);1-2H3/b22-5+,23-17+;. The van der Waals surface area contributed by atoms with Gasteiger partial charge in [0.05, 0.1) is 11.1 Å². The highest BCUT2D eigenvalue weighted by molar-refractivity contribution is 6.29. The summed E-state index contributed by atoms with van der Waals surface area (Å²) in [6, 6.07) is 15.9. The second-order valence-electron chi connectivity index (χ2n) is 9.50. The molecule has 196 valence electrons. The van der Waals surface area contributed by atoms with Crippen molar-refractivity contribution < 1.29 is 9.53 Å². The quantitative estimate of drug-likeness (QED) is 0.421. The van der Waals surface area contributed by atoms with Gasteiger partial charge in [-0.05, 0) is 74.3 Å². The molecule has 3 N–H and O–H groups in total. The van der Waals surface area contributed by atoms with E-state index in [4.69, 9.17) is 22.1 Å². The molecule has 0 radical (unpaired) electrons. The zero-order chi connectivity index (χ0) is 27.2. The molecule has 2 aromatic carbocycles. The number of carbonyl (C=O) groups is 1. The van der Waals surface area contributed by atoms with Crippen molar-refractivity contribution in [2.45, 2.75) is 71.6 Å². The Hall–Kier alpha value is -3.38. The zero-order valence-electron chi connectivity index (χ0n) is 22.6. The number of allylic oxidation sites excluding steroid dienone is 1. The molecule has 0 aromatic heterocycles. The number of primary amides is 1. The normalized spacial score (nSPS) is 17.4. The lowest BCUT2D eigenvalue weighted by Crippen LogP contribution is -2.35. The average Bonchev–Trinajstić information content (AvgIpc) is 3.63. The van der Waals surface area contributed by atoms with Crippen LogP contribution in [-0.4, -0.2) is 17.8 Å². The number of nitrogens with two attached hydrogens (primary N) is 1. The molecule has 7 heteroatoms. The van der Waals surface area contributed by atoms with Gasteiger partial charge < -0.3 is 15.8 Å². The van der Waals surface area contributed by atoms with Crippen LogP contribution in [0.2, 0.25) is 0 Å². The van der Waals surface area contributed by atoms with Crippen LogP contribution in [-0.2, 0) is 15.6 Å². The Kier molecular flexibility index (Phi) is 8.98. The highest BCUT2D eigenvalue weighted by Crippen LogP contribution is 2.50. The van der Waals surface area contributed by atoms with Gasteiger partial charge in [0.25, 0.3) is 0 Å².